The van der Waals surface area contributed by atoms with Crippen LogP contribution in [-0.4, -0.2) is 19.1 Å². The van der Waals surface area contributed by atoms with Crippen molar-refractivity contribution < 1.29 is 0 Å². The van der Waals surface area contributed by atoms with Gasteiger partial charge in [-0.15, -0.1) is 0 Å². The Kier molecular flexibility index (Phi) is 6.82. The SMILES string of the molecule is Cc1c(C#Cc2c3ccccc3c(C#Cc3nc(-c4ccccc4)n(C)c3C)c3ccccc23)nc(-c2ccccc2)n1C. The van der Waals surface area contributed by atoms with Crippen molar-refractivity contribution in [2.45, 2.75) is 13.8 Å². The molecule has 0 aliphatic rings. The van der Waals surface area contributed by atoms with Gasteiger partial charge in [-0.1, -0.05) is 121 Å². The van der Waals surface area contributed by atoms with Crippen LogP contribution in [0.15, 0.2) is 109 Å². The summed E-state index contributed by atoms with van der Waals surface area (Å²) in [6.45, 7) is 4.14. The highest BCUT2D eigenvalue weighted by atomic mass is 15.1. The van der Waals surface area contributed by atoms with Crippen LogP contribution in [-0.2, 0) is 14.1 Å². The van der Waals surface area contributed by atoms with Crippen LogP contribution in [0.1, 0.15) is 33.9 Å². The summed E-state index contributed by atoms with van der Waals surface area (Å²) < 4.78 is 4.22. The molecule has 2 heterocycles. The maximum Gasteiger partial charge on any atom is 0.141 e. The third kappa shape index (κ3) is 4.64. The van der Waals surface area contributed by atoms with Crippen LogP contribution in [0.4, 0.5) is 0 Å². The Morgan fingerprint density at radius 2 is 0.750 bits per heavy atom. The van der Waals surface area contributed by atoms with Gasteiger partial charge in [0.25, 0.3) is 0 Å². The van der Waals surface area contributed by atoms with Gasteiger partial charge in [0.05, 0.1) is 11.4 Å². The van der Waals surface area contributed by atoms with E-state index in [0.717, 1.165) is 78.2 Å². The Labute approximate surface area is 257 Å². The standard InChI is InChI=1S/C40H30N4/c1-27-37(41-39(43(27)3)29-15-7-5-8-16-29)25-23-35-31-19-11-13-21-33(31)36(34-22-14-12-20-32(34)35)24-26-38-28(2)44(4)40(42-38)30-17-9-6-10-18-30/h5-22H,1-4H3. The third-order valence-corrected chi connectivity index (χ3v) is 8.37. The Bertz CT molecular complexity index is 2090. The van der Waals surface area contributed by atoms with Crippen LogP contribution in [0.5, 0.6) is 0 Å². The second kappa shape index (κ2) is 11.1. The molecule has 0 fully saturated rings. The number of rotatable bonds is 2. The van der Waals surface area contributed by atoms with Crippen molar-refractivity contribution in [3.05, 3.63) is 143 Å². The van der Waals surface area contributed by atoms with Crippen molar-refractivity contribution in [1.82, 2.24) is 19.1 Å². The minimum Gasteiger partial charge on any atom is -0.330 e. The minimum atomic E-state index is 0.781. The molecule has 5 aromatic carbocycles. The monoisotopic (exact) mass is 566 g/mol. The second-order valence-electron chi connectivity index (χ2n) is 10.9. The van der Waals surface area contributed by atoms with Crippen molar-refractivity contribution in [3.63, 3.8) is 0 Å². The molecule has 0 atom stereocenters. The molecular formula is C40H30N4. The summed E-state index contributed by atoms with van der Waals surface area (Å²) in [5, 5.41) is 4.29. The van der Waals surface area contributed by atoms with Crippen molar-refractivity contribution in [3.8, 4) is 46.5 Å². The molecule has 0 N–H and O–H groups in total. The first-order valence-corrected chi connectivity index (χ1v) is 14.7. The molecule has 0 radical (unpaired) electrons. The van der Waals surface area contributed by atoms with Gasteiger partial charge in [0.15, 0.2) is 0 Å². The van der Waals surface area contributed by atoms with E-state index in [9.17, 15) is 0 Å². The molecule has 0 amide bonds. The second-order valence-corrected chi connectivity index (χ2v) is 10.9. The number of aromatic nitrogens is 4. The van der Waals surface area contributed by atoms with E-state index >= 15 is 0 Å². The van der Waals surface area contributed by atoms with E-state index in [4.69, 9.17) is 9.97 Å². The van der Waals surface area contributed by atoms with E-state index in [2.05, 4.69) is 119 Å². The zero-order valence-electron chi connectivity index (χ0n) is 25.2. The molecule has 0 saturated heterocycles. The van der Waals surface area contributed by atoms with Crippen LogP contribution in [0.25, 0.3) is 44.3 Å². The Balaban J connectivity index is 1.38. The van der Waals surface area contributed by atoms with Gasteiger partial charge in [0.2, 0.25) is 0 Å². The number of hydrogen-bond donors (Lipinski definition) is 0. The number of fused-ring (bicyclic) bond motifs is 2. The summed E-state index contributed by atoms with van der Waals surface area (Å²) in [6, 6.07) is 37.3. The molecule has 0 saturated carbocycles. The molecule has 0 bridgehead atoms. The Morgan fingerprint density at radius 3 is 1.09 bits per heavy atom. The molecule has 0 spiro atoms. The normalized spacial score (nSPS) is 10.8. The van der Waals surface area contributed by atoms with E-state index in [1.54, 1.807) is 0 Å². The summed E-state index contributed by atoms with van der Waals surface area (Å²) in [4.78, 5) is 9.87. The van der Waals surface area contributed by atoms with E-state index in [1.807, 2.05) is 50.5 Å². The van der Waals surface area contributed by atoms with Crippen LogP contribution >= 0.6 is 0 Å². The van der Waals surface area contributed by atoms with Crippen LogP contribution in [0.2, 0.25) is 0 Å². The molecule has 0 aliphatic heterocycles. The van der Waals surface area contributed by atoms with Gasteiger partial charge in [0.1, 0.15) is 23.0 Å². The summed E-state index contributed by atoms with van der Waals surface area (Å²) in [7, 11) is 4.08. The van der Waals surface area contributed by atoms with Gasteiger partial charge < -0.3 is 9.13 Å². The lowest BCUT2D eigenvalue weighted by atomic mass is 9.92. The lowest BCUT2D eigenvalue weighted by Gasteiger charge is -2.10. The van der Waals surface area contributed by atoms with Gasteiger partial charge in [-0.2, -0.15) is 0 Å². The topological polar surface area (TPSA) is 35.6 Å². The van der Waals surface area contributed by atoms with Gasteiger partial charge in [-0.25, -0.2) is 9.97 Å². The summed E-state index contributed by atoms with van der Waals surface area (Å²) in [6.07, 6.45) is 0. The van der Waals surface area contributed by atoms with Gasteiger partial charge >= 0.3 is 0 Å². The average molecular weight is 567 g/mol. The summed E-state index contributed by atoms with van der Waals surface area (Å²) in [5.74, 6) is 15.7. The molecule has 0 unspecified atom stereocenters. The molecule has 4 heteroatoms. The predicted molar refractivity (Wildman–Crippen MR) is 180 cm³/mol. The van der Waals surface area contributed by atoms with Crippen LogP contribution < -0.4 is 0 Å². The van der Waals surface area contributed by atoms with Crippen LogP contribution in [0, 0.1) is 37.5 Å². The first kappa shape index (κ1) is 27.0. The molecule has 44 heavy (non-hydrogen) atoms. The van der Waals surface area contributed by atoms with Gasteiger partial charge in [-0.05, 0) is 47.2 Å². The fourth-order valence-corrected chi connectivity index (χ4v) is 5.73. The largest absolute Gasteiger partial charge is 0.330 e. The van der Waals surface area contributed by atoms with E-state index in [-0.39, 0.29) is 0 Å². The quantitative estimate of drug-likeness (QED) is 0.156. The van der Waals surface area contributed by atoms with Crippen molar-refractivity contribution in [2.24, 2.45) is 14.1 Å². The maximum atomic E-state index is 4.93. The summed E-state index contributed by atoms with van der Waals surface area (Å²) in [5.41, 5.74) is 7.74. The molecule has 7 rings (SSSR count). The smallest absolute Gasteiger partial charge is 0.141 e. The molecule has 0 aliphatic carbocycles. The van der Waals surface area contributed by atoms with Gasteiger partial charge in [-0.3, -0.25) is 0 Å². The molecular weight excluding hydrogens is 536 g/mol. The first-order valence-electron chi connectivity index (χ1n) is 14.7. The fraction of sp³-hybridized carbons (Fsp3) is 0.100. The lowest BCUT2D eigenvalue weighted by Crippen LogP contribution is -1.94. The zero-order chi connectivity index (χ0) is 30.2. The molecule has 4 nitrogen and oxygen atoms in total. The Morgan fingerprint density at radius 1 is 0.432 bits per heavy atom. The maximum absolute atomic E-state index is 4.93. The molecule has 210 valence electrons. The number of benzene rings is 5. The Hall–Kier alpha value is -5.84. The van der Waals surface area contributed by atoms with E-state index in [1.165, 1.54) is 0 Å². The van der Waals surface area contributed by atoms with E-state index in [0.29, 0.717) is 0 Å². The van der Waals surface area contributed by atoms with Crippen molar-refractivity contribution in [1.29, 1.82) is 0 Å². The van der Waals surface area contributed by atoms with Gasteiger partial charge in [0, 0.05) is 36.3 Å². The highest BCUT2D eigenvalue weighted by molar-refractivity contribution is 6.09. The highest BCUT2D eigenvalue weighted by Crippen LogP contribution is 2.32. The predicted octanol–water partition coefficient (Wildman–Crippen LogP) is 8.21. The third-order valence-electron chi connectivity index (χ3n) is 8.37. The number of nitrogens with zero attached hydrogens (tertiary/aromatic N) is 4. The van der Waals surface area contributed by atoms with E-state index < -0.39 is 0 Å². The lowest BCUT2D eigenvalue weighted by molar-refractivity contribution is 0.883. The minimum absolute atomic E-state index is 0.781. The fourth-order valence-electron chi connectivity index (χ4n) is 5.73. The average Bonchev–Trinajstić information content (AvgIpc) is 3.52. The highest BCUT2D eigenvalue weighted by Gasteiger charge is 2.15. The van der Waals surface area contributed by atoms with Crippen molar-refractivity contribution >= 4 is 21.5 Å². The van der Waals surface area contributed by atoms with Crippen molar-refractivity contribution in [2.75, 3.05) is 0 Å². The number of imidazole rings is 2. The molecule has 7 aromatic rings. The summed E-state index contributed by atoms with van der Waals surface area (Å²) >= 11 is 0. The first-order chi connectivity index (χ1) is 21.5. The zero-order valence-corrected chi connectivity index (χ0v) is 25.2. The van der Waals surface area contributed by atoms with Crippen LogP contribution in [0.3, 0.4) is 0 Å². The molecule has 2 aromatic heterocycles. The number of hydrogen-bond acceptors (Lipinski definition) is 2.